The quantitative estimate of drug-likeness (QED) is 0.689. The van der Waals surface area contributed by atoms with E-state index in [-0.39, 0.29) is 6.42 Å². The van der Waals surface area contributed by atoms with Crippen LogP contribution in [0.3, 0.4) is 0 Å². The normalized spacial score (nSPS) is 11.9. The third-order valence-corrected chi connectivity index (χ3v) is 3.43. The summed E-state index contributed by atoms with van der Waals surface area (Å²) < 4.78 is 0. The summed E-state index contributed by atoms with van der Waals surface area (Å²) in [5.41, 5.74) is 8.17. The van der Waals surface area contributed by atoms with Crippen molar-refractivity contribution in [3.05, 3.63) is 30.3 Å². The van der Waals surface area contributed by atoms with Crippen molar-refractivity contribution in [2.24, 2.45) is 5.73 Å². The van der Waals surface area contributed by atoms with Crippen LogP contribution >= 0.6 is 11.8 Å². The first kappa shape index (κ1) is 14.6. The molecule has 0 spiro atoms. The van der Waals surface area contributed by atoms with E-state index in [2.05, 4.69) is 11.9 Å². The Bertz CT molecular complexity index is 438. The van der Waals surface area contributed by atoms with Gasteiger partial charge in [0.15, 0.2) is 0 Å². The highest BCUT2D eigenvalue weighted by Crippen LogP contribution is 2.34. The minimum absolute atomic E-state index is 0.238. The minimum Gasteiger partial charge on any atom is -0.480 e. The monoisotopic (exact) mass is 266 g/mol. The predicted octanol–water partition coefficient (Wildman–Crippen LogP) is 2.27. The fourth-order valence-corrected chi connectivity index (χ4v) is 2.40. The summed E-state index contributed by atoms with van der Waals surface area (Å²) in [6.07, 6.45) is 2.21. The lowest BCUT2D eigenvalue weighted by molar-refractivity contribution is -0.138. The van der Waals surface area contributed by atoms with Gasteiger partial charge in [-0.15, -0.1) is 11.8 Å². The number of nitrogens with one attached hydrogen (secondary N) is 1. The van der Waals surface area contributed by atoms with Crippen LogP contribution in [0.1, 0.15) is 12.0 Å². The molecule has 1 rings (SSSR count). The lowest BCUT2D eigenvalue weighted by Gasteiger charge is -2.17. The minimum atomic E-state index is -1.01. The van der Waals surface area contributed by atoms with E-state index in [0.29, 0.717) is 0 Å². The Morgan fingerprint density at radius 3 is 2.78 bits per heavy atom. The SMILES string of the molecule is C=C(C[C@H](N)C(=O)O)c1c(NC)cccc1SC. The number of aliphatic carboxylic acids is 1. The third kappa shape index (κ3) is 3.27. The average Bonchev–Trinajstić information content (AvgIpc) is 2.37. The number of nitrogens with two attached hydrogens (primary N) is 1. The van der Waals surface area contributed by atoms with Crippen LogP contribution in [-0.2, 0) is 4.79 Å². The van der Waals surface area contributed by atoms with Crippen molar-refractivity contribution in [2.45, 2.75) is 17.4 Å². The van der Waals surface area contributed by atoms with Gasteiger partial charge in [-0.05, 0) is 30.4 Å². The maximum atomic E-state index is 10.8. The molecular weight excluding hydrogens is 248 g/mol. The van der Waals surface area contributed by atoms with E-state index >= 15 is 0 Å². The molecule has 1 atom stereocenters. The standard InChI is InChI=1S/C13H18N2O2S/c1-8(7-9(14)13(16)17)12-10(15-2)5-4-6-11(12)18-3/h4-6,9,15H,1,7,14H2,2-3H3,(H,16,17)/t9-/m0/s1. The van der Waals surface area contributed by atoms with E-state index in [0.717, 1.165) is 21.7 Å². The number of thioether (sulfide) groups is 1. The Hall–Kier alpha value is -1.46. The second-order valence-electron chi connectivity index (χ2n) is 3.89. The van der Waals surface area contributed by atoms with Gasteiger partial charge in [-0.1, -0.05) is 12.6 Å². The average molecular weight is 266 g/mol. The highest BCUT2D eigenvalue weighted by atomic mass is 32.2. The number of hydrogen-bond acceptors (Lipinski definition) is 4. The zero-order valence-corrected chi connectivity index (χ0v) is 11.4. The molecule has 0 aliphatic heterocycles. The zero-order valence-electron chi connectivity index (χ0n) is 10.6. The molecule has 5 heteroatoms. The van der Waals surface area contributed by atoms with Crippen molar-refractivity contribution in [1.82, 2.24) is 0 Å². The van der Waals surface area contributed by atoms with Crippen LogP contribution in [0.5, 0.6) is 0 Å². The van der Waals surface area contributed by atoms with Crippen LogP contribution in [0.4, 0.5) is 5.69 Å². The molecule has 4 nitrogen and oxygen atoms in total. The van der Waals surface area contributed by atoms with Crippen molar-refractivity contribution in [3.63, 3.8) is 0 Å². The number of carboxylic acid groups (broad SMARTS) is 1. The van der Waals surface area contributed by atoms with Crippen molar-refractivity contribution < 1.29 is 9.90 Å². The number of anilines is 1. The van der Waals surface area contributed by atoms with Crippen LogP contribution < -0.4 is 11.1 Å². The Kier molecular flexibility index (Phi) is 5.25. The molecule has 0 saturated heterocycles. The summed E-state index contributed by atoms with van der Waals surface area (Å²) in [7, 11) is 1.83. The first-order valence-electron chi connectivity index (χ1n) is 5.52. The van der Waals surface area contributed by atoms with E-state index in [4.69, 9.17) is 10.8 Å². The molecule has 0 unspecified atom stereocenters. The van der Waals surface area contributed by atoms with E-state index in [1.165, 1.54) is 0 Å². The third-order valence-electron chi connectivity index (χ3n) is 2.65. The van der Waals surface area contributed by atoms with Gasteiger partial charge >= 0.3 is 5.97 Å². The van der Waals surface area contributed by atoms with Crippen molar-refractivity contribution in [3.8, 4) is 0 Å². The molecule has 0 saturated carbocycles. The first-order valence-corrected chi connectivity index (χ1v) is 6.75. The van der Waals surface area contributed by atoms with E-state index in [9.17, 15) is 4.79 Å². The zero-order chi connectivity index (χ0) is 13.7. The Morgan fingerprint density at radius 1 is 1.61 bits per heavy atom. The maximum absolute atomic E-state index is 10.8. The molecule has 0 aromatic heterocycles. The molecule has 4 N–H and O–H groups in total. The van der Waals surface area contributed by atoms with Gasteiger partial charge in [0.05, 0.1) is 0 Å². The van der Waals surface area contributed by atoms with Gasteiger partial charge in [0.25, 0.3) is 0 Å². The number of rotatable bonds is 6. The predicted molar refractivity (Wildman–Crippen MR) is 77.0 cm³/mol. The van der Waals surface area contributed by atoms with Gasteiger partial charge in [-0.2, -0.15) is 0 Å². The first-order chi connectivity index (χ1) is 8.51. The topological polar surface area (TPSA) is 75.4 Å². The molecule has 0 fully saturated rings. The smallest absolute Gasteiger partial charge is 0.320 e. The van der Waals surface area contributed by atoms with Crippen molar-refractivity contribution in [2.75, 3.05) is 18.6 Å². The largest absolute Gasteiger partial charge is 0.480 e. The summed E-state index contributed by atoms with van der Waals surface area (Å²) in [6, 6.07) is 4.95. The highest BCUT2D eigenvalue weighted by Gasteiger charge is 2.17. The van der Waals surface area contributed by atoms with Crippen LogP contribution in [0.2, 0.25) is 0 Å². The molecule has 0 radical (unpaired) electrons. The molecule has 1 aromatic carbocycles. The highest BCUT2D eigenvalue weighted by molar-refractivity contribution is 7.98. The van der Waals surface area contributed by atoms with Gasteiger partial charge in [-0.3, -0.25) is 4.79 Å². The van der Waals surface area contributed by atoms with Crippen LogP contribution in [0.25, 0.3) is 5.57 Å². The van der Waals surface area contributed by atoms with Gasteiger partial charge in [0, 0.05) is 23.2 Å². The molecule has 98 valence electrons. The van der Waals surface area contributed by atoms with E-state index in [1.807, 2.05) is 31.5 Å². The second kappa shape index (κ2) is 6.47. The molecule has 0 heterocycles. The summed E-state index contributed by atoms with van der Waals surface area (Å²) in [5.74, 6) is -1.01. The summed E-state index contributed by atoms with van der Waals surface area (Å²) >= 11 is 1.60. The van der Waals surface area contributed by atoms with Crippen LogP contribution in [-0.4, -0.2) is 30.4 Å². The van der Waals surface area contributed by atoms with E-state index < -0.39 is 12.0 Å². The number of benzene rings is 1. The number of carboxylic acids is 1. The lowest BCUT2D eigenvalue weighted by atomic mass is 9.98. The number of hydrogen-bond donors (Lipinski definition) is 3. The van der Waals surface area contributed by atoms with Crippen molar-refractivity contribution >= 4 is 29.0 Å². The molecule has 1 aromatic rings. The van der Waals surface area contributed by atoms with Gasteiger partial charge in [0.2, 0.25) is 0 Å². The second-order valence-corrected chi connectivity index (χ2v) is 4.73. The summed E-state index contributed by atoms with van der Waals surface area (Å²) in [5, 5.41) is 11.9. The molecule has 0 bridgehead atoms. The molecular formula is C13H18N2O2S. The van der Waals surface area contributed by atoms with Crippen LogP contribution in [0, 0.1) is 0 Å². The molecule has 18 heavy (non-hydrogen) atoms. The van der Waals surface area contributed by atoms with Gasteiger partial charge in [-0.25, -0.2) is 0 Å². The fraction of sp³-hybridized carbons (Fsp3) is 0.308. The van der Waals surface area contributed by atoms with Gasteiger partial charge in [0.1, 0.15) is 6.04 Å². The Balaban J connectivity index is 3.07. The molecule has 0 aliphatic carbocycles. The van der Waals surface area contributed by atoms with Crippen LogP contribution in [0.15, 0.2) is 29.7 Å². The number of carbonyl (C=O) groups is 1. The Labute approximate surface area is 111 Å². The fourth-order valence-electron chi connectivity index (χ4n) is 1.73. The van der Waals surface area contributed by atoms with Gasteiger partial charge < -0.3 is 16.2 Å². The lowest BCUT2D eigenvalue weighted by Crippen LogP contribution is -2.30. The molecule has 0 aliphatic rings. The summed E-state index contributed by atoms with van der Waals surface area (Å²) in [6.45, 7) is 3.97. The molecule has 0 amide bonds. The van der Waals surface area contributed by atoms with E-state index in [1.54, 1.807) is 11.8 Å². The maximum Gasteiger partial charge on any atom is 0.320 e. The summed E-state index contributed by atoms with van der Waals surface area (Å²) in [4.78, 5) is 11.8. The van der Waals surface area contributed by atoms with Crippen molar-refractivity contribution in [1.29, 1.82) is 0 Å². The Morgan fingerprint density at radius 2 is 2.28 bits per heavy atom.